The van der Waals surface area contributed by atoms with Crippen LogP contribution in [0.5, 0.6) is 0 Å². The van der Waals surface area contributed by atoms with Crippen molar-refractivity contribution < 1.29 is 0 Å². The number of rotatable bonds is 4. The summed E-state index contributed by atoms with van der Waals surface area (Å²) in [4.78, 5) is 16.4. The summed E-state index contributed by atoms with van der Waals surface area (Å²) in [6.45, 7) is 4.08. The molecule has 0 bridgehead atoms. The van der Waals surface area contributed by atoms with Gasteiger partial charge in [0.1, 0.15) is 22.2 Å². The van der Waals surface area contributed by atoms with Crippen LogP contribution in [0.4, 0.5) is 11.5 Å². The average Bonchev–Trinajstić information content (AvgIpc) is 3.60. The van der Waals surface area contributed by atoms with E-state index in [1.807, 2.05) is 55.8 Å². The highest BCUT2D eigenvalue weighted by molar-refractivity contribution is 7.13. The average molecular weight is 460 g/mol. The minimum Gasteiger partial charge on any atom is -0.311 e. The molecule has 6 rings (SSSR count). The van der Waals surface area contributed by atoms with E-state index in [9.17, 15) is 0 Å². The van der Waals surface area contributed by atoms with Crippen molar-refractivity contribution in [1.29, 1.82) is 0 Å². The number of nitrogens with zero attached hydrogens (tertiary/aromatic N) is 11. The van der Waals surface area contributed by atoms with Gasteiger partial charge in [0, 0.05) is 38.1 Å². The molecule has 1 aliphatic heterocycles. The van der Waals surface area contributed by atoms with Gasteiger partial charge in [0.2, 0.25) is 0 Å². The van der Waals surface area contributed by atoms with Crippen LogP contribution in [0.15, 0.2) is 36.4 Å². The Hall–Kier alpha value is -3.93. The summed E-state index contributed by atoms with van der Waals surface area (Å²) in [5, 5.41) is 20.6. The molecule has 1 aliphatic rings. The first kappa shape index (κ1) is 19.7. The Labute approximate surface area is 193 Å². The van der Waals surface area contributed by atoms with Crippen molar-refractivity contribution in [3.63, 3.8) is 0 Å². The van der Waals surface area contributed by atoms with Crippen molar-refractivity contribution in [2.24, 2.45) is 14.1 Å². The normalized spacial score (nSPS) is 15.0. The Morgan fingerprint density at radius 2 is 1.94 bits per heavy atom. The fraction of sp³-hybridized carbons (Fsp3) is 0.286. The molecule has 0 N–H and O–H groups in total. The van der Waals surface area contributed by atoms with Crippen LogP contribution in [-0.2, 0) is 14.1 Å². The molecule has 0 aromatic carbocycles. The summed E-state index contributed by atoms with van der Waals surface area (Å²) >= 11 is 1.54. The zero-order valence-corrected chi connectivity index (χ0v) is 19.4. The van der Waals surface area contributed by atoms with Gasteiger partial charge in [-0.1, -0.05) is 6.92 Å². The van der Waals surface area contributed by atoms with E-state index in [0.29, 0.717) is 5.82 Å². The number of fused-ring (bicyclic) bond motifs is 3. The number of thiazole rings is 1. The third-order valence-corrected chi connectivity index (χ3v) is 6.52. The quantitative estimate of drug-likeness (QED) is 0.403. The molecule has 0 fully saturated rings. The Balaban J connectivity index is 1.59. The van der Waals surface area contributed by atoms with E-state index in [2.05, 4.69) is 37.2 Å². The lowest BCUT2D eigenvalue weighted by Crippen LogP contribution is -2.32. The summed E-state index contributed by atoms with van der Waals surface area (Å²) < 4.78 is 5.60. The zero-order chi connectivity index (χ0) is 22.7. The first-order valence-corrected chi connectivity index (χ1v) is 11.4. The Bertz CT molecular complexity index is 1460. The second-order valence-electron chi connectivity index (χ2n) is 7.91. The standard InChI is InChI=1S/C21H21N11S/c1-5-15-20-27-26-12(2)31(20)16-9-23-18(25-19(16)32(15)13-8-24-29(3)10-13)14-11-30(4)28-17(14)21-22-6-7-33-21/h6-11,15H,5H2,1-4H3/t15-/m1/s1. The maximum Gasteiger partial charge on any atom is 0.165 e. The van der Waals surface area contributed by atoms with Crippen molar-refractivity contribution >= 4 is 22.8 Å². The van der Waals surface area contributed by atoms with Crippen molar-refractivity contribution in [2.45, 2.75) is 26.3 Å². The largest absolute Gasteiger partial charge is 0.311 e. The summed E-state index contributed by atoms with van der Waals surface area (Å²) in [5.41, 5.74) is 3.38. The molecule has 0 radical (unpaired) electrons. The number of anilines is 2. The van der Waals surface area contributed by atoms with Crippen molar-refractivity contribution in [3.8, 4) is 27.8 Å². The molecule has 6 heterocycles. The van der Waals surface area contributed by atoms with Crippen molar-refractivity contribution in [1.82, 2.24) is 49.3 Å². The highest BCUT2D eigenvalue weighted by atomic mass is 32.1. The highest BCUT2D eigenvalue weighted by Crippen LogP contribution is 2.44. The number of aryl methyl sites for hydroxylation is 3. The van der Waals surface area contributed by atoms with E-state index < -0.39 is 0 Å². The van der Waals surface area contributed by atoms with Gasteiger partial charge in [-0.25, -0.2) is 15.0 Å². The van der Waals surface area contributed by atoms with Gasteiger partial charge in [0.15, 0.2) is 17.5 Å². The lowest BCUT2D eigenvalue weighted by molar-refractivity contribution is 0.587. The van der Waals surface area contributed by atoms with E-state index >= 15 is 0 Å². The molecule has 1 atom stereocenters. The summed E-state index contributed by atoms with van der Waals surface area (Å²) in [6.07, 6.45) is 10.2. The number of aromatic nitrogens is 10. The fourth-order valence-corrected chi connectivity index (χ4v) is 4.97. The number of hydrogen-bond donors (Lipinski definition) is 0. The van der Waals surface area contributed by atoms with Gasteiger partial charge in [0.25, 0.3) is 0 Å². The van der Waals surface area contributed by atoms with Crippen LogP contribution in [0.25, 0.3) is 27.8 Å². The van der Waals surface area contributed by atoms with Crippen LogP contribution < -0.4 is 4.90 Å². The van der Waals surface area contributed by atoms with Crippen molar-refractivity contribution in [2.75, 3.05) is 4.90 Å². The third-order valence-electron chi connectivity index (χ3n) is 5.74. The Morgan fingerprint density at radius 3 is 2.67 bits per heavy atom. The lowest BCUT2D eigenvalue weighted by Gasteiger charge is -2.36. The van der Waals surface area contributed by atoms with E-state index in [1.165, 1.54) is 0 Å². The monoisotopic (exact) mass is 459 g/mol. The molecule has 5 aromatic heterocycles. The predicted molar refractivity (Wildman–Crippen MR) is 123 cm³/mol. The maximum absolute atomic E-state index is 5.08. The summed E-state index contributed by atoms with van der Waals surface area (Å²) in [7, 11) is 3.80. The Kier molecular flexibility index (Phi) is 4.37. The molecule has 0 amide bonds. The van der Waals surface area contributed by atoms with Crippen LogP contribution in [0, 0.1) is 6.92 Å². The second kappa shape index (κ2) is 7.30. The van der Waals surface area contributed by atoms with Gasteiger partial charge in [-0.2, -0.15) is 10.2 Å². The van der Waals surface area contributed by atoms with Gasteiger partial charge in [-0.05, 0) is 13.3 Å². The first-order chi connectivity index (χ1) is 16.0. The van der Waals surface area contributed by atoms with E-state index in [0.717, 1.165) is 51.5 Å². The minimum atomic E-state index is -0.0435. The van der Waals surface area contributed by atoms with Crippen LogP contribution in [0.2, 0.25) is 0 Å². The van der Waals surface area contributed by atoms with E-state index in [4.69, 9.17) is 9.97 Å². The molecule has 0 saturated carbocycles. The van der Waals surface area contributed by atoms with Crippen LogP contribution in [0.3, 0.4) is 0 Å². The van der Waals surface area contributed by atoms with E-state index in [1.54, 1.807) is 26.9 Å². The smallest absolute Gasteiger partial charge is 0.165 e. The molecule has 33 heavy (non-hydrogen) atoms. The molecular weight excluding hydrogens is 438 g/mol. The van der Waals surface area contributed by atoms with Gasteiger partial charge in [-0.15, -0.1) is 21.5 Å². The van der Waals surface area contributed by atoms with E-state index in [-0.39, 0.29) is 6.04 Å². The molecule has 166 valence electrons. The second-order valence-corrected chi connectivity index (χ2v) is 8.81. The maximum atomic E-state index is 5.08. The van der Waals surface area contributed by atoms with Gasteiger partial charge in [-0.3, -0.25) is 13.9 Å². The van der Waals surface area contributed by atoms with Gasteiger partial charge in [0.05, 0.1) is 29.7 Å². The molecule has 11 nitrogen and oxygen atoms in total. The highest BCUT2D eigenvalue weighted by Gasteiger charge is 2.36. The SMILES string of the molecule is CC[C@@H]1c2nnc(C)n2-c2cnc(-c3cn(C)nc3-c3nccs3)nc2N1c1cnn(C)c1. The topological polar surface area (TPSA) is 108 Å². The third kappa shape index (κ3) is 2.98. The van der Waals surface area contributed by atoms with Gasteiger partial charge >= 0.3 is 0 Å². The molecule has 12 heteroatoms. The lowest BCUT2D eigenvalue weighted by atomic mass is 10.1. The van der Waals surface area contributed by atoms with Crippen LogP contribution in [-0.4, -0.2) is 49.3 Å². The number of hydrogen-bond acceptors (Lipinski definition) is 9. The van der Waals surface area contributed by atoms with Gasteiger partial charge < -0.3 is 4.90 Å². The molecule has 0 aliphatic carbocycles. The zero-order valence-electron chi connectivity index (χ0n) is 18.6. The minimum absolute atomic E-state index is 0.0435. The molecule has 0 unspecified atom stereocenters. The fourth-order valence-electron chi connectivity index (χ4n) is 4.34. The van der Waals surface area contributed by atoms with Crippen molar-refractivity contribution in [3.05, 3.63) is 48.0 Å². The molecule has 0 saturated heterocycles. The summed E-state index contributed by atoms with van der Waals surface area (Å²) in [6, 6.07) is -0.0435. The first-order valence-electron chi connectivity index (χ1n) is 10.6. The summed E-state index contributed by atoms with van der Waals surface area (Å²) in [5.74, 6) is 3.04. The Morgan fingerprint density at radius 1 is 1.06 bits per heavy atom. The molecular formula is C21H21N11S. The van der Waals surface area contributed by atoms with Crippen LogP contribution in [0.1, 0.15) is 31.0 Å². The molecule has 0 spiro atoms. The molecule has 5 aromatic rings. The van der Waals surface area contributed by atoms with Crippen LogP contribution >= 0.6 is 11.3 Å². The predicted octanol–water partition coefficient (Wildman–Crippen LogP) is 3.23.